The number of aldehydes is 1. The van der Waals surface area contributed by atoms with Crippen LogP contribution in [0.2, 0.25) is 0 Å². The molecule has 2 unspecified atom stereocenters. The number of carbonyl (C=O) groups excluding carboxylic acids is 1. The molecule has 1 aliphatic rings. The highest BCUT2D eigenvalue weighted by Crippen LogP contribution is 2.27. The molecule has 0 aromatic heterocycles. The number of nitrogens with zero attached hydrogens (tertiary/aromatic N) is 1. The Kier molecular flexibility index (Phi) is 3.28. The molecular weight excluding hydrogens is 198 g/mol. The Hall–Kier alpha value is -1.31. The summed E-state index contributed by atoms with van der Waals surface area (Å²) < 4.78 is 0. The summed E-state index contributed by atoms with van der Waals surface area (Å²) in [6.45, 7) is 5.71. The Bertz CT molecular complexity index is 358. The predicted octanol–water partition coefficient (Wildman–Crippen LogP) is 3.12. The van der Waals surface area contributed by atoms with Crippen molar-refractivity contribution in [2.24, 2.45) is 5.92 Å². The number of carbonyl (C=O) groups is 1. The highest BCUT2D eigenvalue weighted by molar-refractivity contribution is 5.75. The zero-order valence-electron chi connectivity index (χ0n) is 10.0. The van der Waals surface area contributed by atoms with Crippen LogP contribution in [0.3, 0.4) is 0 Å². The van der Waals surface area contributed by atoms with Gasteiger partial charge in [0.25, 0.3) is 0 Å². The quantitative estimate of drug-likeness (QED) is 0.709. The molecule has 86 valence electrons. The Morgan fingerprint density at radius 2 is 1.88 bits per heavy atom. The third-order valence-corrected chi connectivity index (χ3v) is 3.48. The summed E-state index contributed by atoms with van der Waals surface area (Å²) in [7, 11) is 0. The summed E-state index contributed by atoms with van der Waals surface area (Å²) in [5, 5.41) is 0. The number of hydrogen-bond acceptors (Lipinski definition) is 2. The van der Waals surface area contributed by atoms with Crippen LogP contribution in [0, 0.1) is 5.92 Å². The second-order valence-electron chi connectivity index (χ2n) is 4.89. The maximum atomic E-state index is 10.6. The van der Waals surface area contributed by atoms with E-state index in [0.29, 0.717) is 6.04 Å². The second kappa shape index (κ2) is 4.69. The molecule has 0 bridgehead atoms. The molecular formula is C14H19NO. The van der Waals surface area contributed by atoms with Crippen molar-refractivity contribution in [1.29, 1.82) is 0 Å². The first-order chi connectivity index (χ1) is 7.70. The number of hydrogen-bond donors (Lipinski definition) is 0. The maximum Gasteiger partial charge on any atom is 0.150 e. The van der Waals surface area contributed by atoms with Crippen LogP contribution in [0.1, 0.15) is 37.0 Å². The van der Waals surface area contributed by atoms with Gasteiger partial charge in [0.15, 0.2) is 0 Å². The average molecular weight is 217 g/mol. The topological polar surface area (TPSA) is 20.3 Å². The van der Waals surface area contributed by atoms with Crippen molar-refractivity contribution in [3.8, 4) is 0 Å². The van der Waals surface area contributed by atoms with Crippen molar-refractivity contribution in [2.45, 2.75) is 32.7 Å². The molecule has 0 saturated carbocycles. The van der Waals surface area contributed by atoms with E-state index in [1.807, 2.05) is 12.1 Å². The number of piperidine rings is 1. The molecule has 2 atom stereocenters. The standard InChI is InChI=1S/C14H19NO/c1-11-3-4-12(2)15(9-11)14-7-5-13(10-16)6-8-14/h5-8,10-12H,3-4,9H2,1-2H3. The zero-order valence-corrected chi connectivity index (χ0v) is 10.0. The number of anilines is 1. The summed E-state index contributed by atoms with van der Waals surface area (Å²) in [6, 6.07) is 8.51. The Morgan fingerprint density at radius 3 is 2.50 bits per heavy atom. The lowest BCUT2D eigenvalue weighted by Crippen LogP contribution is -2.41. The molecule has 0 aliphatic carbocycles. The fourth-order valence-corrected chi connectivity index (χ4v) is 2.39. The summed E-state index contributed by atoms with van der Waals surface area (Å²) in [4.78, 5) is 13.0. The van der Waals surface area contributed by atoms with Crippen LogP contribution < -0.4 is 4.90 Å². The number of rotatable bonds is 2. The number of benzene rings is 1. The molecule has 2 heteroatoms. The molecule has 0 N–H and O–H groups in total. The lowest BCUT2D eigenvalue weighted by Gasteiger charge is -2.38. The molecule has 1 aromatic rings. The van der Waals surface area contributed by atoms with Gasteiger partial charge in [-0.2, -0.15) is 0 Å². The molecule has 1 heterocycles. The first kappa shape index (κ1) is 11.2. The highest BCUT2D eigenvalue weighted by atomic mass is 16.1. The van der Waals surface area contributed by atoms with Crippen molar-refractivity contribution in [2.75, 3.05) is 11.4 Å². The van der Waals surface area contributed by atoms with Gasteiger partial charge < -0.3 is 4.90 Å². The average Bonchev–Trinajstić information content (AvgIpc) is 2.32. The molecule has 1 aliphatic heterocycles. The van der Waals surface area contributed by atoms with Gasteiger partial charge in [0.1, 0.15) is 6.29 Å². The molecule has 16 heavy (non-hydrogen) atoms. The fourth-order valence-electron chi connectivity index (χ4n) is 2.39. The van der Waals surface area contributed by atoms with Crippen molar-refractivity contribution in [1.82, 2.24) is 0 Å². The van der Waals surface area contributed by atoms with Gasteiger partial charge in [0.2, 0.25) is 0 Å². The minimum absolute atomic E-state index is 0.610. The Labute approximate surface area is 97.3 Å². The van der Waals surface area contributed by atoms with Gasteiger partial charge in [-0.15, -0.1) is 0 Å². The Balaban J connectivity index is 2.17. The molecule has 1 aromatic carbocycles. The van der Waals surface area contributed by atoms with Crippen molar-refractivity contribution in [3.63, 3.8) is 0 Å². The van der Waals surface area contributed by atoms with Gasteiger partial charge in [-0.1, -0.05) is 6.92 Å². The van der Waals surface area contributed by atoms with Crippen molar-refractivity contribution < 1.29 is 4.79 Å². The van der Waals surface area contributed by atoms with Gasteiger partial charge in [0, 0.05) is 23.8 Å². The van der Waals surface area contributed by atoms with Crippen LogP contribution in [0.15, 0.2) is 24.3 Å². The van der Waals surface area contributed by atoms with Crippen molar-refractivity contribution >= 4 is 12.0 Å². The van der Waals surface area contributed by atoms with E-state index in [4.69, 9.17) is 0 Å². The summed E-state index contributed by atoms with van der Waals surface area (Å²) in [5.41, 5.74) is 1.99. The SMILES string of the molecule is CC1CCC(C)N(c2ccc(C=O)cc2)C1. The Morgan fingerprint density at radius 1 is 1.19 bits per heavy atom. The first-order valence-electron chi connectivity index (χ1n) is 6.02. The van der Waals surface area contributed by atoms with Crippen LogP contribution in [0.4, 0.5) is 5.69 Å². The highest BCUT2D eigenvalue weighted by Gasteiger charge is 2.22. The molecule has 0 radical (unpaired) electrons. The molecule has 2 rings (SSSR count). The first-order valence-corrected chi connectivity index (χ1v) is 6.02. The third-order valence-electron chi connectivity index (χ3n) is 3.48. The molecule has 1 saturated heterocycles. The summed E-state index contributed by atoms with van der Waals surface area (Å²) in [5.74, 6) is 0.766. The minimum Gasteiger partial charge on any atom is -0.369 e. The van der Waals surface area contributed by atoms with Crippen LogP contribution in [-0.4, -0.2) is 18.9 Å². The molecule has 0 amide bonds. The smallest absolute Gasteiger partial charge is 0.150 e. The van der Waals surface area contributed by atoms with Crippen LogP contribution in [-0.2, 0) is 0 Å². The molecule has 1 fully saturated rings. The van der Waals surface area contributed by atoms with E-state index in [1.165, 1.54) is 18.5 Å². The van der Waals surface area contributed by atoms with E-state index in [2.05, 4.69) is 30.9 Å². The largest absolute Gasteiger partial charge is 0.369 e. The van der Waals surface area contributed by atoms with E-state index in [9.17, 15) is 4.79 Å². The lowest BCUT2D eigenvalue weighted by molar-refractivity contribution is 0.112. The molecule has 2 nitrogen and oxygen atoms in total. The minimum atomic E-state index is 0.610. The van der Waals surface area contributed by atoms with E-state index in [0.717, 1.165) is 24.3 Å². The van der Waals surface area contributed by atoms with Gasteiger partial charge in [0.05, 0.1) is 0 Å². The van der Waals surface area contributed by atoms with Gasteiger partial charge in [-0.05, 0) is 49.9 Å². The maximum absolute atomic E-state index is 10.6. The van der Waals surface area contributed by atoms with E-state index in [-0.39, 0.29) is 0 Å². The third kappa shape index (κ3) is 2.26. The van der Waals surface area contributed by atoms with E-state index < -0.39 is 0 Å². The second-order valence-corrected chi connectivity index (χ2v) is 4.89. The predicted molar refractivity (Wildman–Crippen MR) is 67.0 cm³/mol. The monoisotopic (exact) mass is 217 g/mol. The van der Waals surface area contributed by atoms with Gasteiger partial charge in [-0.25, -0.2) is 0 Å². The van der Waals surface area contributed by atoms with Crippen LogP contribution in [0.5, 0.6) is 0 Å². The normalized spacial score (nSPS) is 25.5. The van der Waals surface area contributed by atoms with Crippen molar-refractivity contribution in [3.05, 3.63) is 29.8 Å². The van der Waals surface area contributed by atoms with Crippen LogP contribution in [0.25, 0.3) is 0 Å². The zero-order chi connectivity index (χ0) is 11.5. The summed E-state index contributed by atoms with van der Waals surface area (Å²) >= 11 is 0. The fraction of sp³-hybridized carbons (Fsp3) is 0.500. The van der Waals surface area contributed by atoms with Gasteiger partial charge in [-0.3, -0.25) is 4.79 Å². The van der Waals surface area contributed by atoms with Gasteiger partial charge >= 0.3 is 0 Å². The van der Waals surface area contributed by atoms with E-state index >= 15 is 0 Å². The lowest BCUT2D eigenvalue weighted by atomic mass is 9.94. The van der Waals surface area contributed by atoms with Crippen LogP contribution >= 0.6 is 0 Å². The van der Waals surface area contributed by atoms with E-state index in [1.54, 1.807) is 0 Å². The molecule has 0 spiro atoms. The summed E-state index contributed by atoms with van der Waals surface area (Å²) in [6.07, 6.45) is 3.48.